The van der Waals surface area contributed by atoms with E-state index >= 15 is 0 Å². The largest absolute Gasteiger partial charge is 0.212 e. The normalized spacial score (nSPS) is 22.4. The fourth-order valence-corrected chi connectivity index (χ4v) is 8.03. The van der Waals surface area contributed by atoms with Gasteiger partial charge in [0.1, 0.15) is 28.2 Å². The fraction of sp³-hybridized carbons (Fsp3) is 0.362. The van der Waals surface area contributed by atoms with Crippen LogP contribution in [-0.2, 0) is 34.6 Å². The highest BCUT2D eigenvalue weighted by molar-refractivity contribution is 5.64. The Morgan fingerprint density at radius 3 is 1.04 bits per heavy atom. The molecular weight excluding hydrogens is 885 g/mol. The summed E-state index contributed by atoms with van der Waals surface area (Å²) in [6.07, 6.45) is 3.07. The predicted octanol–water partition coefficient (Wildman–Crippen LogP) is 15.9. The van der Waals surface area contributed by atoms with Crippen molar-refractivity contribution in [1.29, 1.82) is 0 Å². The highest BCUT2D eigenvalue weighted by atomic mass is 14.9. The van der Waals surface area contributed by atoms with Crippen molar-refractivity contribution in [2.75, 3.05) is 0 Å². The molecule has 8 aromatic rings. The van der Waals surface area contributed by atoms with E-state index in [-0.39, 0.29) is 44.5 Å². The van der Waals surface area contributed by atoms with E-state index in [2.05, 4.69) is 0 Å². The average molecular weight is 1020 g/mol. The molecule has 8 rings (SSSR count). The maximum atomic E-state index is 8.33. The second-order valence-electron chi connectivity index (χ2n) is 17.4. The summed E-state index contributed by atoms with van der Waals surface area (Å²) in [5.41, 5.74) is 7.79. The van der Waals surface area contributed by atoms with Crippen molar-refractivity contribution < 1.29 is 75.8 Å². The van der Waals surface area contributed by atoms with Crippen LogP contribution < -0.4 is 18.3 Å². The number of aromatic nitrogens is 4. The molecule has 0 aliphatic rings. The Morgan fingerprint density at radius 1 is 0.370 bits per heavy atom. The molecule has 0 radical (unpaired) electrons. The van der Waals surface area contributed by atoms with Crippen LogP contribution in [0.2, 0.25) is 0 Å². The van der Waals surface area contributed by atoms with Gasteiger partial charge in [-0.05, 0) is 160 Å². The molecule has 4 heterocycles. The zero-order valence-electron chi connectivity index (χ0n) is 84.1. The average Bonchev–Trinajstić information content (AvgIpc) is 0.747. The van der Waals surface area contributed by atoms with E-state index in [1.54, 1.807) is 117 Å². The van der Waals surface area contributed by atoms with Crippen LogP contribution in [0, 0.1) is 48.3 Å². The molecule has 0 aliphatic carbocycles. The van der Waals surface area contributed by atoms with Crippen LogP contribution in [0.4, 0.5) is 0 Å². The molecule has 0 amide bonds. The molecule has 0 N–H and O–H groups in total. The number of nitrogens with zero attached hydrogens (tertiary/aromatic N) is 4. The maximum absolute atomic E-state index is 8.33. The lowest BCUT2D eigenvalue weighted by Gasteiger charge is -2.11. The Bertz CT molecular complexity index is 4510. The number of benzene rings is 4. The SMILES string of the molecule is [2H]C([2H])([2H])C([2H])(c1ccc(-c2ccc(C([2H])(C([2H])([2H])[2H])C([2H])([2H])[2H])c[n+]2C)c(C)c1)C([2H])([2H])[2H].[2H]C([2H])([2H])c1ccc(-c2ccc(C([2H])(C([2H])([2H])[2H])C([2H])([2H])[2H])c[n+]2C)c(C)c1.[2H]C([2H])([2H])c1ccc(-c2ccc(C([2H])(C([2H])([2H])[2H])C([2H])([2H])[2H])cc2C)[n+](C)c1.[2H]C([2H])([2H])c1ccc(-c2ccc(C([2H])([2H])C([2H])([2H])[2H])c[n+]2C)c(C)c1. The summed E-state index contributed by atoms with van der Waals surface area (Å²) in [5.74, 6) is -11.2. The molecule has 0 unspecified atom stereocenters. The molecule has 382 valence electrons. The third kappa shape index (κ3) is 15.3. The molecule has 4 nitrogen and oxygen atoms in total. The second kappa shape index (κ2) is 25.9. The van der Waals surface area contributed by atoms with Gasteiger partial charge in [0.15, 0.2) is 24.8 Å². The Balaban J connectivity index is 0.000000275. The van der Waals surface area contributed by atoms with Gasteiger partial charge in [-0.2, -0.15) is 0 Å². The first kappa shape index (κ1) is 22.5. The van der Waals surface area contributed by atoms with Gasteiger partial charge in [-0.1, -0.05) is 121 Å². The molecule has 73 heavy (non-hydrogen) atoms. The zero-order chi connectivity index (χ0) is 89.3. The number of aryl methyl sites for hydroxylation is 12. The topological polar surface area (TPSA) is 15.5 Å². The zero-order valence-corrected chi connectivity index (χ0v) is 42.1. The lowest BCUT2D eigenvalue weighted by molar-refractivity contribution is -0.661. The molecule has 0 fully saturated rings. The Labute approximate surface area is 502 Å². The number of rotatable bonds is 9. The summed E-state index contributed by atoms with van der Waals surface area (Å²) in [4.78, 5) is 0. The van der Waals surface area contributed by atoms with E-state index in [9.17, 15) is 0 Å². The van der Waals surface area contributed by atoms with Gasteiger partial charge in [-0.3, -0.25) is 0 Å². The predicted molar refractivity (Wildman–Crippen MR) is 311 cm³/mol. The number of pyridine rings is 4. The minimum atomic E-state index is -3.13. The summed E-state index contributed by atoms with van der Waals surface area (Å²) in [6.45, 7) is -27.2. The molecule has 0 bridgehead atoms. The van der Waals surface area contributed by atoms with Crippen molar-refractivity contribution >= 4 is 0 Å². The minimum absolute atomic E-state index is 0.0653. The highest BCUT2D eigenvalue weighted by Gasteiger charge is 2.18. The summed E-state index contributed by atoms with van der Waals surface area (Å²) in [7, 11) is 6.55. The van der Waals surface area contributed by atoms with Crippen LogP contribution in [0.3, 0.4) is 0 Å². The van der Waals surface area contributed by atoms with Crippen LogP contribution in [0.5, 0.6) is 0 Å². The van der Waals surface area contributed by atoms with E-state index < -0.39 is 112 Å². The van der Waals surface area contributed by atoms with Crippen molar-refractivity contribution in [2.24, 2.45) is 28.2 Å². The summed E-state index contributed by atoms with van der Waals surface area (Å²) in [5, 5.41) is 0. The Hall–Kier alpha value is -6.52. The Morgan fingerprint density at radius 2 is 0.699 bits per heavy atom. The second-order valence-corrected chi connectivity index (χ2v) is 17.4. The molecule has 0 saturated carbocycles. The first-order valence-electron chi connectivity index (χ1n) is 43.7. The molecule has 0 atom stereocenters. The molecule has 4 aromatic carbocycles. The first-order valence-corrected chi connectivity index (χ1v) is 22.7. The van der Waals surface area contributed by atoms with Crippen molar-refractivity contribution in [2.45, 2.75) is 140 Å². The van der Waals surface area contributed by atoms with Crippen molar-refractivity contribution in [1.82, 2.24) is 0 Å². The van der Waals surface area contributed by atoms with E-state index in [0.717, 1.165) is 22.4 Å². The molecular formula is C69H90N4+4. The molecule has 0 saturated heterocycles. The van der Waals surface area contributed by atoms with Gasteiger partial charge in [0.05, 0.1) is 0 Å². The van der Waals surface area contributed by atoms with E-state index in [1.165, 1.54) is 103 Å². The lowest BCUT2D eigenvalue weighted by Crippen LogP contribution is -2.31. The molecule has 4 heteroatoms. The van der Waals surface area contributed by atoms with E-state index in [0.29, 0.717) is 44.9 Å². The van der Waals surface area contributed by atoms with Crippen LogP contribution in [0.1, 0.15) is 210 Å². The maximum Gasteiger partial charge on any atom is 0.212 e. The fourth-order valence-electron chi connectivity index (χ4n) is 8.03. The van der Waals surface area contributed by atoms with Crippen molar-refractivity contribution in [3.63, 3.8) is 0 Å². The van der Waals surface area contributed by atoms with Gasteiger partial charge in [-0.15, -0.1) is 0 Å². The molecule has 4 aromatic heterocycles. The van der Waals surface area contributed by atoms with Gasteiger partial charge < -0.3 is 0 Å². The summed E-state index contributed by atoms with van der Waals surface area (Å²) in [6, 6.07) is 29.7. The van der Waals surface area contributed by atoms with Crippen LogP contribution in [-0.4, -0.2) is 0 Å². The van der Waals surface area contributed by atoms with Crippen LogP contribution >= 0.6 is 0 Å². The standard InChI is InChI=1S/C19H26N.2C17H22N.C16H20N/c1-13(2)16-7-9-18(15(5)11-16)19-10-8-17(14(3)4)12-20(19)6;1-12(2)15-7-8-16(14(4)10-15)17-9-6-13(3)11-18(17)5;1-12(2)15-7-9-17(18(5)11-15)16-8-6-13(3)10-14(16)4;1-5-14-7-9-16(17(4)11-14)15-8-6-12(2)10-13(15)3/h7-14H,1-6H3;2*6-12H,1-5H3;6-11H,5H2,1-4H3/q4*+1/i1D3,2D3,3D3,4D3,13D,14D;2*1D3,2D3,3D3,12D;1D3,2D3,5D2. The van der Waals surface area contributed by atoms with Gasteiger partial charge >= 0.3 is 0 Å². The smallest absolute Gasteiger partial charge is 0.201 e. The van der Waals surface area contributed by atoms with Crippen molar-refractivity contribution in [3.05, 3.63) is 213 Å². The van der Waals surface area contributed by atoms with Crippen LogP contribution in [0.25, 0.3) is 45.0 Å². The van der Waals surface area contributed by atoms with Gasteiger partial charge in [0, 0.05) is 126 Å². The monoisotopic (exact) mass is 1020 g/mol. The van der Waals surface area contributed by atoms with Crippen LogP contribution in [0.15, 0.2) is 146 Å². The first-order chi connectivity index (χ1) is 51.2. The number of hydrogen-bond donors (Lipinski definition) is 0. The lowest BCUT2D eigenvalue weighted by atomic mass is 9.95. The summed E-state index contributed by atoms with van der Waals surface area (Å²) < 4.78 is 328. The third-order valence-corrected chi connectivity index (χ3v) is 11.8. The summed E-state index contributed by atoms with van der Waals surface area (Å²) >= 11 is 0. The Kier molecular flexibility index (Phi) is 8.00. The number of hydrogen-bond acceptors (Lipinski definition) is 0. The quantitative estimate of drug-likeness (QED) is 0.128. The highest BCUT2D eigenvalue weighted by Crippen LogP contribution is 2.28. The van der Waals surface area contributed by atoms with E-state index in [1.807, 2.05) is 0 Å². The van der Waals surface area contributed by atoms with Gasteiger partial charge in [-0.25, -0.2) is 18.3 Å². The minimum Gasteiger partial charge on any atom is -0.201 e. The van der Waals surface area contributed by atoms with Gasteiger partial charge in [0.25, 0.3) is 0 Å². The third-order valence-electron chi connectivity index (χ3n) is 11.8. The molecule has 0 aliphatic heterocycles. The van der Waals surface area contributed by atoms with Crippen molar-refractivity contribution in [3.8, 4) is 45.0 Å². The molecule has 0 spiro atoms. The van der Waals surface area contributed by atoms with Gasteiger partial charge in [0.2, 0.25) is 22.8 Å². The van der Waals surface area contributed by atoms with E-state index in [4.69, 9.17) is 57.6 Å².